The Morgan fingerprint density at radius 1 is 1.35 bits per heavy atom. The van der Waals surface area contributed by atoms with Crippen LogP contribution in [-0.4, -0.2) is 24.3 Å². The van der Waals surface area contributed by atoms with Crippen molar-refractivity contribution in [2.24, 2.45) is 0 Å². The highest BCUT2D eigenvalue weighted by molar-refractivity contribution is 9.10. The minimum Gasteiger partial charge on any atom is -0.480 e. The molecule has 1 heterocycles. The van der Waals surface area contributed by atoms with Gasteiger partial charge in [-0.2, -0.15) is 4.98 Å². The summed E-state index contributed by atoms with van der Waals surface area (Å²) in [6, 6.07) is 7.48. The summed E-state index contributed by atoms with van der Waals surface area (Å²) in [5.41, 5.74) is 0.386. The lowest BCUT2D eigenvalue weighted by Crippen LogP contribution is -2.08. The van der Waals surface area contributed by atoms with Crippen molar-refractivity contribution in [1.29, 1.82) is 0 Å². The van der Waals surface area contributed by atoms with Gasteiger partial charge in [0.1, 0.15) is 12.4 Å². The summed E-state index contributed by atoms with van der Waals surface area (Å²) in [6.07, 6.45) is -2.02. The fourth-order valence-electron chi connectivity index (χ4n) is 1.60. The molecule has 118 valence electrons. The highest BCUT2D eigenvalue weighted by Gasteiger charge is 2.12. The van der Waals surface area contributed by atoms with Gasteiger partial charge in [0.05, 0.1) is 6.57 Å². The van der Waals surface area contributed by atoms with Crippen LogP contribution in [0.1, 0.15) is 10.4 Å². The predicted molar refractivity (Wildman–Crippen MR) is 81.6 cm³/mol. The minimum atomic E-state index is -2.68. The van der Waals surface area contributed by atoms with E-state index in [9.17, 15) is 13.6 Å². The third-order valence-corrected chi connectivity index (χ3v) is 3.32. The fraction of sp³-hybridized carbons (Fsp3) is 0.133. The van der Waals surface area contributed by atoms with E-state index in [-0.39, 0.29) is 17.4 Å². The Morgan fingerprint density at radius 2 is 2.13 bits per heavy atom. The van der Waals surface area contributed by atoms with E-state index in [2.05, 4.69) is 25.8 Å². The van der Waals surface area contributed by atoms with Gasteiger partial charge in [-0.15, -0.1) is 0 Å². The number of carbonyl (C=O) groups excluding carboxylic acids is 1. The van der Waals surface area contributed by atoms with Crippen LogP contribution in [0.15, 0.2) is 34.8 Å². The van der Waals surface area contributed by atoms with Gasteiger partial charge in [0.25, 0.3) is 6.43 Å². The molecule has 0 fully saturated rings. The fourth-order valence-corrected chi connectivity index (χ4v) is 1.94. The number of aromatic nitrogens is 1. The molecule has 2 rings (SSSR count). The maximum atomic E-state index is 12.2. The molecule has 0 aliphatic heterocycles. The van der Waals surface area contributed by atoms with Crippen LogP contribution in [0.5, 0.6) is 17.5 Å². The number of alkyl halides is 2. The molecule has 0 bridgehead atoms. The summed E-state index contributed by atoms with van der Waals surface area (Å²) < 4.78 is 35.3. The van der Waals surface area contributed by atoms with Gasteiger partial charge >= 0.3 is 0 Å². The maximum absolute atomic E-state index is 12.2. The third-order valence-electron chi connectivity index (χ3n) is 2.60. The van der Waals surface area contributed by atoms with Crippen LogP contribution in [0.2, 0.25) is 0 Å². The Balaban J connectivity index is 2.25. The molecule has 5 nitrogen and oxygen atoms in total. The average Bonchev–Trinajstić information content (AvgIpc) is 2.54. The van der Waals surface area contributed by atoms with Crippen molar-refractivity contribution in [2.45, 2.75) is 6.43 Å². The van der Waals surface area contributed by atoms with Gasteiger partial charge in [0.2, 0.25) is 17.4 Å². The SMILES string of the molecule is [C-]#[N+]c1ccc(Oc2ccc(Br)c(C=O)c2)nc1OCC(F)F. The largest absolute Gasteiger partial charge is 0.480 e. The van der Waals surface area contributed by atoms with Crippen LogP contribution in [0.4, 0.5) is 14.5 Å². The summed E-state index contributed by atoms with van der Waals surface area (Å²) in [6.45, 7) is 6.10. The van der Waals surface area contributed by atoms with Gasteiger partial charge in [-0.3, -0.25) is 4.79 Å². The lowest BCUT2D eigenvalue weighted by Gasteiger charge is -2.10. The second kappa shape index (κ2) is 7.65. The number of halogens is 3. The van der Waals surface area contributed by atoms with Gasteiger partial charge in [-0.1, -0.05) is 15.9 Å². The first-order valence-corrected chi connectivity index (χ1v) is 7.05. The Kier molecular flexibility index (Phi) is 5.60. The zero-order valence-electron chi connectivity index (χ0n) is 11.5. The van der Waals surface area contributed by atoms with E-state index in [1.165, 1.54) is 18.2 Å². The van der Waals surface area contributed by atoms with Crippen molar-refractivity contribution in [2.75, 3.05) is 6.61 Å². The number of carbonyl (C=O) groups is 1. The average molecular weight is 383 g/mol. The lowest BCUT2D eigenvalue weighted by molar-refractivity contribution is 0.0798. The molecule has 8 heteroatoms. The van der Waals surface area contributed by atoms with Crippen molar-refractivity contribution in [3.05, 3.63) is 51.8 Å². The molecule has 0 aliphatic rings. The molecule has 1 aromatic carbocycles. The number of nitrogens with zero attached hydrogens (tertiary/aromatic N) is 2. The Bertz CT molecular complexity index is 763. The number of rotatable bonds is 6. The summed E-state index contributed by atoms with van der Waals surface area (Å²) in [5, 5.41) is 0. The molecule has 0 N–H and O–H groups in total. The van der Waals surface area contributed by atoms with Gasteiger partial charge in [0, 0.05) is 10.0 Å². The molecule has 0 saturated carbocycles. The lowest BCUT2D eigenvalue weighted by atomic mass is 10.2. The molecular formula is C15H9BrF2N2O3. The number of hydrogen-bond donors (Lipinski definition) is 0. The van der Waals surface area contributed by atoms with E-state index in [1.807, 2.05) is 0 Å². The minimum absolute atomic E-state index is 0.00221. The molecule has 0 unspecified atom stereocenters. The molecular weight excluding hydrogens is 374 g/mol. The summed E-state index contributed by atoms with van der Waals surface area (Å²) in [4.78, 5) is 17.9. The van der Waals surface area contributed by atoms with E-state index in [0.717, 1.165) is 0 Å². The zero-order chi connectivity index (χ0) is 16.8. The number of hydrogen-bond acceptors (Lipinski definition) is 4. The van der Waals surface area contributed by atoms with Gasteiger partial charge < -0.3 is 9.47 Å². The molecule has 0 aliphatic carbocycles. The molecule has 0 atom stereocenters. The molecule has 2 aromatic rings. The van der Waals surface area contributed by atoms with Crippen molar-refractivity contribution >= 4 is 27.9 Å². The van der Waals surface area contributed by atoms with E-state index in [1.54, 1.807) is 12.1 Å². The van der Waals surface area contributed by atoms with E-state index < -0.39 is 13.0 Å². The maximum Gasteiger partial charge on any atom is 0.272 e. The van der Waals surface area contributed by atoms with Gasteiger partial charge in [-0.05, 0) is 30.3 Å². The molecule has 1 aromatic heterocycles. The Hall–Kier alpha value is -2.53. The number of ether oxygens (including phenoxy) is 2. The zero-order valence-corrected chi connectivity index (χ0v) is 13.1. The number of benzene rings is 1. The summed E-state index contributed by atoms with van der Waals surface area (Å²) in [7, 11) is 0. The first-order valence-electron chi connectivity index (χ1n) is 6.25. The second-order valence-corrected chi connectivity index (χ2v) is 5.05. The van der Waals surface area contributed by atoms with E-state index in [4.69, 9.17) is 16.0 Å². The van der Waals surface area contributed by atoms with Crippen molar-refractivity contribution < 1.29 is 23.0 Å². The molecule has 0 amide bonds. The molecule has 0 saturated heterocycles. The summed E-state index contributed by atoms with van der Waals surface area (Å²) >= 11 is 3.21. The summed E-state index contributed by atoms with van der Waals surface area (Å²) in [5.74, 6) is 0.157. The smallest absolute Gasteiger partial charge is 0.272 e. The number of aldehydes is 1. The van der Waals surface area contributed by atoms with Crippen molar-refractivity contribution in [1.82, 2.24) is 4.98 Å². The molecule has 0 radical (unpaired) electrons. The van der Waals surface area contributed by atoms with E-state index in [0.29, 0.717) is 22.1 Å². The Morgan fingerprint density at radius 3 is 2.78 bits per heavy atom. The molecule has 23 heavy (non-hydrogen) atoms. The van der Waals surface area contributed by atoms with Crippen LogP contribution in [-0.2, 0) is 0 Å². The topological polar surface area (TPSA) is 52.8 Å². The number of pyridine rings is 1. The van der Waals surface area contributed by atoms with Crippen LogP contribution < -0.4 is 9.47 Å². The predicted octanol–water partition coefficient (Wildman–Crippen LogP) is 4.64. The monoisotopic (exact) mass is 382 g/mol. The van der Waals surface area contributed by atoms with Gasteiger partial charge in [0.15, 0.2) is 6.29 Å². The highest BCUT2D eigenvalue weighted by atomic mass is 79.9. The quantitative estimate of drug-likeness (QED) is 0.539. The van der Waals surface area contributed by atoms with E-state index >= 15 is 0 Å². The Labute approximate surface area is 138 Å². The third kappa shape index (κ3) is 4.47. The highest BCUT2D eigenvalue weighted by Crippen LogP contribution is 2.31. The normalized spacial score (nSPS) is 10.2. The second-order valence-electron chi connectivity index (χ2n) is 4.19. The van der Waals surface area contributed by atoms with Crippen molar-refractivity contribution in [3.8, 4) is 17.5 Å². The van der Waals surface area contributed by atoms with Crippen LogP contribution >= 0.6 is 15.9 Å². The van der Waals surface area contributed by atoms with Crippen LogP contribution in [0.3, 0.4) is 0 Å². The van der Waals surface area contributed by atoms with Crippen LogP contribution in [0, 0.1) is 6.57 Å². The standard InChI is InChI=1S/C15H9BrF2N2O3/c1-19-12-4-5-14(20-15(12)22-8-13(17)18)23-10-2-3-11(16)9(6-10)7-21/h2-7,13H,8H2. The first-order chi connectivity index (χ1) is 11.0. The van der Waals surface area contributed by atoms with Crippen LogP contribution in [0.25, 0.3) is 4.85 Å². The molecule has 0 spiro atoms. The first kappa shape index (κ1) is 16.8. The van der Waals surface area contributed by atoms with Gasteiger partial charge in [-0.25, -0.2) is 13.6 Å². The van der Waals surface area contributed by atoms with Crippen molar-refractivity contribution in [3.63, 3.8) is 0 Å².